The first-order chi connectivity index (χ1) is 9.54. The molecule has 0 saturated heterocycles. The van der Waals surface area contributed by atoms with Crippen molar-refractivity contribution in [2.45, 2.75) is 59.0 Å². The number of nitrogens with zero attached hydrogens (tertiary/aromatic N) is 3. The highest BCUT2D eigenvalue weighted by molar-refractivity contribution is 5.49. The molecule has 1 aliphatic rings. The van der Waals surface area contributed by atoms with E-state index in [1.165, 1.54) is 18.5 Å². The molecule has 112 valence electrons. The zero-order valence-corrected chi connectivity index (χ0v) is 13.5. The number of anilines is 1. The summed E-state index contributed by atoms with van der Waals surface area (Å²) in [6, 6.07) is 0.573. The van der Waals surface area contributed by atoms with Gasteiger partial charge < -0.3 is 10.2 Å². The van der Waals surface area contributed by atoms with Gasteiger partial charge >= 0.3 is 0 Å². The third-order valence-corrected chi connectivity index (χ3v) is 4.22. The highest BCUT2D eigenvalue weighted by atomic mass is 15.2. The van der Waals surface area contributed by atoms with Gasteiger partial charge in [0.05, 0.1) is 17.6 Å². The van der Waals surface area contributed by atoms with Crippen LogP contribution in [0.15, 0.2) is 6.20 Å². The van der Waals surface area contributed by atoms with Crippen molar-refractivity contribution >= 4 is 5.69 Å². The van der Waals surface area contributed by atoms with E-state index in [9.17, 15) is 0 Å². The zero-order valence-electron chi connectivity index (χ0n) is 13.5. The van der Waals surface area contributed by atoms with Crippen LogP contribution in [0.3, 0.4) is 0 Å². The van der Waals surface area contributed by atoms with Crippen molar-refractivity contribution in [2.75, 3.05) is 18.5 Å². The predicted molar refractivity (Wildman–Crippen MR) is 84.1 cm³/mol. The van der Waals surface area contributed by atoms with E-state index in [1.807, 2.05) is 6.20 Å². The molecule has 0 aliphatic heterocycles. The van der Waals surface area contributed by atoms with Gasteiger partial charge in [-0.05, 0) is 32.2 Å². The largest absolute Gasteiger partial charge is 0.369 e. The standard InChI is InChI=1S/C16H28N4/c1-6-17-9-14-15(10-18-16(19-14)11(2)3)20(5)12(4)13-7-8-13/h10-13,17H,6-9H2,1-5H3. The van der Waals surface area contributed by atoms with Crippen LogP contribution < -0.4 is 10.2 Å². The second-order valence-corrected chi connectivity index (χ2v) is 6.18. The zero-order chi connectivity index (χ0) is 14.7. The van der Waals surface area contributed by atoms with Crippen molar-refractivity contribution in [3.8, 4) is 0 Å². The minimum atomic E-state index is 0.371. The molecule has 1 atom stereocenters. The van der Waals surface area contributed by atoms with E-state index < -0.39 is 0 Å². The number of rotatable bonds is 7. The normalized spacial score (nSPS) is 16.5. The van der Waals surface area contributed by atoms with Crippen LogP contribution in [-0.2, 0) is 6.54 Å². The lowest BCUT2D eigenvalue weighted by Crippen LogP contribution is -2.32. The maximum absolute atomic E-state index is 4.78. The summed E-state index contributed by atoms with van der Waals surface area (Å²) < 4.78 is 0. The maximum Gasteiger partial charge on any atom is 0.131 e. The van der Waals surface area contributed by atoms with Gasteiger partial charge in [0.1, 0.15) is 5.82 Å². The van der Waals surface area contributed by atoms with E-state index in [1.54, 1.807) is 0 Å². The molecule has 4 nitrogen and oxygen atoms in total. The molecule has 4 heteroatoms. The van der Waals surface area contributed by atoms with Crippen LogP contribution in [0.4, 0.5) is 5.69 Å². The molecule has 1 aromatic heterocycles. The van der Waals surface area contributed by atoms with Crippen molar-refractivity contribution < 1.29 is 0 Å². The third-order valence-electron chi connectivity index (χ3n) is 4.22. The Balaban J connectivity index is 2.24. The summed E-state index contributed by atoms with van der Waals surface area (Å²) in [6.07, 6.45) is 4.73. The Hall–Kier alpha value is -1.16. The van der Waals surface area contributed by atoms with Crippen LogP contribution in [0, 0.1) is 5.92 Å². The Morgan fingerprint density at radius 3 is 2.60 bits per heavy atom. The smallest absolute Gasteiger partial charge is 0.131 e. The Labute approximate surface area is 123 Å². The van der Waals surface area contributed by atoms with Gasteiger partial charge in [0, 0.05) is 25.6 Å². The molecule has 1 aliphatic carbocycles. The van der Waals surface area contributed by atoms with Gasteiger partial charge in [-0.1, -0.05) is 20.8 Å². The molecule has 1 heterocycles. The number of hydrogen-bond acceptors (Lipinski definition) is 4. The third kappa shape index (κ3) is 3.48. The van der Waals surface area contributed by atoms with E-state index in [4.69, 9.17) is 4.98 Å². The second-order valence-electron chi connectivity index (χ2n) is 6.18. The lowest BCUT2D eigenvalue weighted by molar-refractivity contribution is 0.598. The molecule has 1 aromatic rings. The van der Waals surface area contributed by atoms with Crippen LogP contribution in [0.1, 0.15) is 58.0 Å². The number of aromatic nitrogens is 2. The first-order valence-electron chi connectivity index (χ1n) is 7.84. The SMILES string of the molecule is CCNCc1nc(C(C)C)ncc1N(C)C(C)C1CC1. The molecule has 1 unspecified atom stereocenters. The predicted octanol–water partition coefficient (Wildman–Crippen LogP) is 2.94. The van der Waals surface area contributed by atoms with Crippen LogP contribution in [0.2, 0.25) is 0 Å². The molecule has 1 N–H and O–H groups in total. The van der Waals surface area contributed by atoms with E-state index in [-0.39, 0.29) is 0 Å². The van der Waals surface area contributed by atoms with Crippen molar-refractivity contribution in [3.05, 3.63) is 17.7 Å². The molecule has 1 fully saturated rings. The summed E-state index contributed by atoms with van der Waals surface area (Å²) in [5, 5.41) is 3.39. The van der Waals surface area contributed by atoms with Crippen LogP contribution >= 0.6 is 0 Å². The van der Waals surface area contributed by atoms with Gasteiger partial charge in [-0.3, -0.25) is 0 Å². The Bertz CT molecular complexity index is 440. The fourth-order valence-electron chi connectivity index (χ4n) is 2.49. The van der Waals surface area contributed by atoms with Crippen LogP contribution in [-0.4, -0.2) is 29.6 Å². The summed E-state index contributed by atoms with van der Waals surface area (Å²) in [5.41, 5.74) is 2.30. The summed E-state index contributed by atoms with van der Waals surface area (Å²) >= 11 is 0. The monoisotopic (exact) mass is 276 g/mol. The lowest BCUT2D eigenvalue weighted by atomic mass is 10.1. The van der Waals surface area contributed by atoms with E-state index in [0.717, 1.165) is 30.5 Å². The van der Waals surface area contributed by atoms with Crippen molar-refractivity contribution in [3.63, 3.8) is 0 Å². The Morgan fingerprint density at radius 1 is 1.35 bits per heavy atom. The highest BCUT2D eigenvalue weighted by Gasteiger charge is 2.31. The van der Waals surface area contributed by atoms with Gasteiger partial charge in [0.15, 0.2) is 0 Å². The van der Waals surface area contributed by atoms with Crippen LogP contribution in [0.25, 0.3) is 0 Å². The first kappa shape index (κ1) is 15.2. The van der Waals surface area contributed by atoms with E-state index >= 15 is 0 Å². The molecule has 0 amide bonds. The van der Waals surface area contributed by atoms with Crippen molar-refractivity contribution in [2.24, 2.45) is 5.92 Å². The molecule has 0 bridgehead atoms. The average Bonchev–Trinajstić information content (AvgIpc) is 3.27. The second kappa shape index (κ2) is 6.53. The average molecular weight is 276 g/mol. The van der Waals surface area contributed by atoms with Crippen LogP contribution in [0.5, 0.6) is 0 Å². The van der Waals surface area contributed by atoms with Gasteiger partial charge in [0.2, 0.25) is 0 Å². The molecule has 0 spiro atoms. The number of hydrogen-bond donors (Lipinski definition) is 1. The van der Waals surface area contributed by atoms with E-state index in [2.05, 4.69) is 49.9 Å². The Morgan fingerprint density at radius 2 is 2.05 bits per heavy atom. The Kier molecular flexibility index (Phi) is 4.97. The molecule has 1 saturated carbocycles. The minimum absolute atomic E-state index is 0.371. The molecule has 0 radical (unpaired) electrons. The fraction of sp³-hybridized carbons (Fsp3) is 0.750. The fourth-order valence-corrected chi connectivity index (χ4v) is 2.49. The van der Waals surface area contributed by atoms with Gasteiger partial charge in [-0.2, -0.15) is 0 Å². The molecule has 0 aromatic carbocycles. The number of nitrogens with one attached hydrogen (secondary N) is 1. The molecule has 20 heavy (non-hydrogen) atoms. The molecular weight excluding hydrogens is 248 g/mol. The summed E-state index contributed by atoms with van der Waals surface area (Å²) in [5.74, 6) is 2.15. The van der Waals surface area contributed by atoms with Crippen molar-refractivity contribution in [1.29, 1.82) is 0 Å². The van der Waals surface area contributed by atoms with Gasteiger partial charge in [0.25, 0.3) is 0 Å². The minimum Gasteiger partial charge on any atom is -0.369 e. The molecular formula is C16H28N4. The lowest BCUT2D eigenvalue weighted by Gasteiger charge is -2.28. The quantitative estimate of drug-likeness (QED) is 0.831. The summed E-state index contributed by atoms with van der Waals surface area (Å²) in [7, 11) is 2.17. The van der Waals surface area contributed by atoms with E-state index in [0.29, 0.717) is 12.0 Å². The topological polar surface area (TPSA) is 41.1 Å². The summed E-state index contributed by atoms with van der Waals surface area (Å²) in [6.45, 7) is 10.5. The van der Waals surface area contributed by atoms with Crippen molar-refractivity contribution in [1.82, 2.24) is 15.3 Å². The van der Waals surface area contributed by atoms with Gasteiger partial charge in [-0.25, -0.2) is 9.97 Å². The van der Waals surface area contributed by atoms with Gasteiger partial charge in [-0.15, -0.1) is 0 Å². The maximum atomic E-state index is 4.78. The molecule has 2 rings (SSSR count). The summed E-state index contributed by atoms with van der Waals surface area (Å²) in [4.78, 5) is 11.7. The highest BCUT2D eigenvalue weighted by Crippen LogP contribution is 2.36. The first-order valence-corrected chi connectivity index (χ1v) is 7.84.